The number of benzene rings is 1. The molecule has 92 valence electrons. The molecule has 17 heavy (non-hydrogen) atoms. The van der Waals surface area contributed by atoms with Gasteiger partial charge in [0.05, 0.1) is 15.4 Å². The van der Waals surface area contributed by atoms with Gasteiger partial charge in [0.15, 0.2) is 12.4 Å². The van der Waals surface area contributed by atoms with Gasteiger partial charge in [-0.2, -0.15) is 5.26 Å². The zero-order chi connectivity index (χ0) is 12.8. The molecule has 0 aliphatic heterocycles. The fourth-order valence-electron chi connectivity index (χ4n) is 1.07. The van der Waals surface area contributed by atoms with E-state index in [1.807, 2.05) is 6.07 Å². The molecule has 1 unspecified atom stereocenters. The van der Waals surface area contributed by atoms with Crippen LogP contribution in [0.25, 0.3) is 0 Å². The lowest BCUT2D eigenvalue weighted by Gasteiger charge is -2.12. The number of nitrogens with zero attached hydrogens (tertiary/aromatic N) is 1. The van der Waals surface area contributed by atoms with E-state index in [1.54, 1.807) is 19.1 Å². The number of halogens is 3. The van der Waals surface area contributed by atoms with Crippen LogP contribution in [0.15, 0.2) is 12.1 Å². The van der Waals surface area contributed by atoms with E-state index >= 15 is 0 Å². The Hall–Kier alpha value is -0.820. The van der Waals surface area contributed by atoms with Crippen LogP contribution in [0, 0.1) is 11.3 Å². The normalized spacial score (nSPS) is 11.7. The van der Waals surface area contributed by atoms with Gasteiger partial charge >= 0.3 is 0 Å². The van der Waals surface area contributed by atoms with Crippen LogP contribution in [0.5, 0.6) is 11.5 Å². The Morgan fingerprint density at radius 3 is 2.35 bits per heavy atom. The van der Waals surface area contributed by atoms with E-state index in [4.69, 9.17) is 49.5 Å². The van der Waals surface area contributed by atoms with E-state index in [0.717, 1.165) is 0 Å². The highest BCUT2D eigenvalue weighted by Gasteiger charge is 2.11. The average molecular weight is 295 g/mol. The van der Waals surface area contributed by atoms with Crippen molar-refractivity contribution in [2.75, 3.05) is 13.2 Å². The molecular weight excluding hydrogens is 284 g/mol. The van der Waals surface area contributed by atoms with Crippen molar-refractivity contribution in [3.63, 3.8) is 0 Å². The highest BCUT2D eigenvalue weighted by Crippen LogP contribution is 2.37. The lowest BCUT2D eigenvalue weighted by Crippen LogP contribution is -2.08. The average Bonchev–Trinajstić information content (AvgIpc) is 2.24. The van der Waals surface area contributed by atoms with Gasteiger partial charge in [0.2, 0.25) is 0 Å². The monoisotopic (exact) mass is 293 g/mol. The van der Waals surface area contributed by atoms with Gasteiger partial charge in [-0.05, 0) is 6.92 Å². The minimum Gasteiger partial charge on any atom is -0.489 e. The van der Waals surface area contributed by atoms with Gasteiger partial charge in [-0.15, -0.1) is 11.6 Å². The van der Waals surface area contributed by atoms with Crippen LogP contribution in [-0.4, -0.2) is 18.6 Å². The Labute approximate surface area is 115 Å². The fraction of sp³-hybridized carbons (Fsp3) is 0.364. The van der Waals surface area contributed by atoms with Crippen molar-refractivity contribution >= 4 is 34.8 Å². The second-order valence-electron chi connectivity index (χ2n) is 3.25. The second kappa shape index (κ2) is 6.80. The second-order valence-corrected chi connectivity index (χ2v) is 4.81. The summed E-state index contributed by atoms with van der Waals surface area (Å²) in [6.07, 6.45) is 0. The molecule has 0 fully saturated rings. The van der Waals surface area contributed by atoms with Crippen LogP contribution in [0.1, 0.15) is 6.92 Å². The summed E-state index contributed by atoms with van der Waals surface area (Å²) in [6, 6.07) is 4.93. The van der Waals surface area contributed by atoms with Crippen molar-refractivity contribution in [3.8, 4) is 17.6 Å². The van der Waals surface area contributed by atoms with Crippen LogP contribution < -0.4 is 9.47 Å². The number of hydrogen-bond acceptors (Lipinski definition) is 3. The maximum atomic E-state index is 8.39. The van der Waals surface area contributed by atoms with E-state index in [-0.39, 0.29) is 12.0 Å². The van der Waals surface area contributed by atoms with Crippen molar-refractivity contribution in [3.05, 3.63) is 22.2 Å². The summed E-state index contributed by atoms with van der Waals surface area (Å²) in [4.78, 5) is 0. The van der Waals surface area contributed by atoms with Gasteiger partial charge in [0.1, 0.15) is 18.4 Å². The Balaban J connectivity index is 2.83. The van der Waals surface area contributed by atoms with Crippen LogP contribution in [-0.2, 0) is 0 Å². The van der Waals surface area contributed by atoms with Gasteiger partial charge in [0.25, 0.3) is 0 Å². The molecule has 3 nitrogen and oxygen atoms in total. The Morgan fingerprint density at radius 1 is 1.29 bits per heavy atom. The maximum absolute atomic E-state index is 8.39. The molecule has 0 bridgehead atoms. The molecule has 1 atom stereocenters. The summed E-state index contributed by atoms with van der Waals surface area (Å²) in [5.74, 6) is 0.790. The molecule has 1 aromatic rings. The molecule has 0 saturated heterocycles. The fourth-order valence-corrected chi connectivity index (χ4v) is 1.71. The molecule has 6 heteroatoms. The first-order valence-corrected chi connectivity index (χ1v) is 5.99. The van der Waals surface area contributed by atoms with Gasteiger partial charge in [-0.1, -0.05) is 23.2 Å². The number of alkyl halides is 1. The molecule has 0 spiro atoms. The summed E-state index contributed by atoms with van der Waals surface area (Å²) in [5, 5.41) is 8.89. The summed E-state index contributed by atoms with van der Waals surface area (Å²) in [6.45, 7) is 2.04. The minimum atomic E-state index is -0.142. The minimum absolute atomic E-state index is 0.0639. The smallest absolute Gasteiger partial charge is 0.174 e. The van der Waals surface area contributed by atoms with Gasteiger partial charge in [-0.25, -0.2) is 0 Å². The van der Waals surface area contributed by atoms with E-state index in [0.29, 0.717) is 28.2 Å². The standard InChI is InChI=1S/C11H10Cl3NO2/c1-7(12)6-17-11-9(13)4-8(5-10(11)14)16-3-2-15/h4-5,7H,3,6H2,1H3. The quantitative estimate of drug-likeness (QED) is 0.773. The zero-order valence-corrected chi connectivity index (χ0v) is 11.3. The van der Waals surface area contributed by atoms with Gasteiger partial charge in [0, 0.05) is 12.1 Å². The topological polar surface area (TPSA) is 42.2 Å². The number of nitriles is 1. The third-order valence-electron chi connectivity index (χ3n) is 1.73. The number of rotatable bonds is 5. The lowest BCUT2D eigenvalue weighted by atomic mass is 10.3. The van der Waals surface area contributed by atoms with E-state index in [9.17, 15) is 0 Å². The van der Waals surface area contributed by atoms with Crippen LogP contribution in [0.2, 0.25) is 10.0 Å². The van der Waals surface area contributed by atoms with Crippen molar-refractivity contribution < 1.29 is 9.47 Å². The van der Waals surface area contributed by atoms with E-state index < -0.39 is 0 Å². The molecule has 1 aromatic carbocycles. The Morgan fingerprint density at radius 2 is 1.88 bits per heavy atom. The first-order chi connectivity index (χ1) is 8.04. The third kappa shape index (κ3) is 4.51. The predicted molar refractivity (Wildman–Crippen MR) is 68.4 cm³/mol. The largest absolute Gasteiger partial charge is 0.489 e. The lowest BCUT2D eigenvalue weighted by molar-refractivity contribution is 0.319. The summed E-state index contributed by atoms with van der Waals surface area (Å²) >= 11 is 17.7. The molecule has 0 N–H and O–H groups in total. The van der Waals surface area contributed by atoms with Crippen molar-refractivity contribution in [2.24, 2.45) is 0 Å². The Kier molecular flexibility index (Phi) is 5.70. The molecule has 0 amide bonds. The first-order valence-electron chi connectivity index (χ1n) is 4.80. The number of ether oxygens (including phenoxy) is 2. The van der Waals surface area contributed by atoms with Crippen molar-refractivity contribution in [1.82, 2.24) is 0 Å². The molecule has 0 heterocycles. The molecular formula is C11H10Cl3NO2. The predicted octanol–water partition coefficient (Wildman–Crippen LogP) is 3.90. The molecule has 0 aromatic heterocycles. The SMILES string of the molecule is CC(Cl)COc1c(Cl)cc(OCC#N)cc1Cl. The Bertz CT molecular complexity index is 406. The van der Waals surface area contributed by atoms with E-state index in [1.165, 1.54) is 0 Å². The zero-order valence-electron chi connectivity index (χ0n) is 9.04. The molecule has 0 saturated carbocycles. The number of hydrogen-bond donors (Lipinski definition) is 0. The summed E-state index contributed by atoms with van der Waals surface area (Å²) < 4.78 is 10.5. The summed E-state index contributed by atoms with van der Waals surface area (Å²) in [7, 11) is 0. The van der Waals surface area contributed by atoms with Gasteiger partial charge < -0.3 is 9.47 Å². The molecule has 1 rings (SSSR count). The molecule has 0 radical (unpaired) electrons. The van der Waals surface area contributed by atoms with Crippen LogP contribution in [0.3, 0.4) is 0 Å². The summed E-state index contributed by atoms with van der Waals surface area (Å²) in [5.41, 5.74) is 0. The van der Waals surface area contributed by atoms with Crippen molar-refractivity contribution in [1.29, 1.82) is 5.26 Å². The first kappa shape index (κ1) is 14.2. The third-order valence-corrected chi connectivity index (χ3v) is 2.42. The van der Waals surface area contributed by atoms with Gasteiger partial charge in [-0.3, -0.25) is 0 Å². The van der Waals surface area contributed by atoms with E-state index in [2.05, 4.69) is 0 Å². The highest BCUT2D eigenvalue weighted by atomic mass is 35.5. The van der Waals surface area contributed by atoms with Crippen LogP contribution >= 0.6 is 34.8 Å². The van der Waals surface area contributed by atoms with Crippen LogP contribution in [0.4, 0.5) is 0 Å². The molecule has 0 aliphatic carbocycles. The molecule has 0 aliphatic rings. The maximum Gasteiger partial charge on any atom is 0.174 e. The van der Waals surface area contributed by atoms with Crippen molar-refractivity contribution in [2.45, 2.75) is 12.3 Å². The highest BCUT2D eigenvalue weighted by molar-refractivity contribution is 6.37.